The molecule has 0 bridgehead atoms. The molecule has 0 saturated carbocycles. The highest BCUT2D eigenvalue weighted by Crippen LogP contribution is 2.28. The molecule has 0 unspecified atom stereocenters. The number of rotatable bonds is 6. The quantitative estimate of drug-likeness (QED) is 0.388. The summed E-state index contributed by atoms with van der Waals surface area (Å²) in [7, 11) is 0. The van der Waals surface area contributed by atoms with E-state index in [4.69, 9.17) is 0 Å². The van der Waals surface area contributed by atoms with Crippen LogP contribution in [0.1, 0.15) is 5.56 Å². The molecule has 0 aliphatic carbocycles. The van der Waals surface area contributed by atoms with Gasteiger partial charge < -0.3 is 5.32 Å². The van der Waals surface area contributed by atoms with Crippen LogP contribution in [0.15, 0.2) is 82.7 Å². The Labute approximate surface area is 186 Å². The van der Waals surface area contributed by atoms with E-state index in [1.807, 2.05) is 66.1 Å². The van der Waals surface area contributed by atoms with Gasteiger partial charge in [0.15, 0.2) is 11.0 Å². The second-order valence-electron chi connectivity index (χ2n) is 6.56. The first-order chi connectivity index (χ1) is 14.6. The third-order valence-electron chi connectivity index (χ3n) is 4.29. The number of halogens is 1. The molecular formula is C22H18BrN5OS. The zero-order valence-corrected chi connectivity index (χ0v) is 18.5. The number of carbonyl (C=O) groups is 1. The smallest absolute Gasteiger partial charge is 0.234 e. The van der Waals surface area contributed by atoms with Gasteiger partial charge in [0.2, 0.25) is 5.91 Å². The number of aromatic nitrogens is 4. The predicted molar refractivity (Wildman–Crippen MR) is 123 cm³/mol. The van der Waals surface area contributed by atoms with Crippen molar-refractivity contribution in [2.45, 2.75) is 12.1 Å². The van der Waals surface area contributed by atoms with Crippen LogP contribution in [0.5, 0.6) is 0 Å². The summed E-state index contributed by atoms with van der Waals surface area (Å²) in [5.41, 5.74) is 3.74. The Bertz CT molecular complexity index is 1160. The molecule has 0 radical (unpaired) electrons. The molecule has 8 heteroatoms. The molecule has 4 rings (SSSR count). The van der Waals surface area contributed by atoms with Crippen molar-refractivity contribution < 1.29 is 4.79 Å². The van der Waals surface area contributed by atoms with Crippen molar-refractivity contribution in [1.29, 1.82) is 0 Å². The monoisotopic (exact) mass is 479 g/mol. The molecule has 0 aliphatic heterocycles. The van der Waals surface area contributed by atoms with E-state index in [1.165, 1.54) is 11.8 Å². The predicted octanol–water partition coefficient (Wildman–Crippen LogP) is 5.13. The number of carbonyl (C=O) groups excluding carboxylic acids is 1. The minimum atomic E-state index is -0.105. The van der Waals surface area contributed by atoms with Gasteiger partial charge in [-0.2, -0.15) is 0 Å². The first kappa shape index (κ1) is 20.3. The topological polar surface area (TPSA) is 72.7 Å². The average molecular weight is 480 g/mol. The molecule has 4 aromatic rings. The van der Waals surface area contributed by atoms with Crippen molar-refractivity contribution in [2.24, 2.45) is 0 Å². The highest BCUT2D eigenvalue weighted by molar-refractivity contribution is 9.10. The van der Waals surface area contributed by atoms with E-state index in [0.717, 1.165) is 27.0 Å². The number of pyridine rings is 1. The Hall–Kier alpha value is -2.97. The van der Waals surface area contributed by atoms with E-state index in [0.29, 0.717) is 11.0 Å². The van der Waals surface area contributed by atoms with Crippen LogP contribution in [-0.2, 0) is 4.79 Å². The van der Waals surface area contributed by atoms with Crippen LogP contribution < -0.4 is 5.32 Å². The highest BCUT2D eigenvalue weighted by atomic mass is 79.9. The van der Waals surface area contributed by atoms with Gasteiger partial charge >= 0.3 is 0 Å². The van der Waals surface area contributed by atoms with Gasteiger partial charge in [0, 0.05) is 33.8 Å². The van der Waals surface area contributed by atoms with Crippen molar-refractivity contribution in [3.8, 4) is 17.1 Å². The van der Waals surface area contributed by atoms with Crippen molar-refractivity contribution in [2.75, 3.05) is 11.1 Å². The number of hydrogen-bond donors (Lipinski definition) is 1. The largest absolute Gasteiger partial charge is 0.325 e. The molecule has 0 atom stereocenters. The number of nitrogens with zero attached hydrogens (tertiary/aromatic N) is 4. The summed E-state index contributed by atoms with van der Waals surface area (Å²) in [5, 5.41) is 12.3. The van der Waals surface area contributed by atoms with Crippen LogP contribution in [0, 0.1) is 6.92 Å². The van der Waals surface area contributed by atoms with E-state index in [-0.39, 0.29) is 11.7 Å². The molecule has 0 aliphatic rings. The van der Waals surface area contributed by atoms with E-state index < -0.39 is 0 Å². The standard InChI is InChI=1S/C22H18BrN5OS/c1-15-3-2-4-19(13-15)28-21(16-9-11-24-12-10-16)26-27-22(28)30-14-20(29)25-18-7-5-17(23)6-8-18/h2-13H,14H2,1H3,(H,25,29). The van der Waals surface area contributed by atoms with Crippen molar-refractivity contribution >= 4 is 39.3 Å². The number of anilines is 1. The maximum absolute atomic E-state index is 12.4. The van der Waals surface area contributed by atoms with Crippen molar-refractivity contribution in [3.63, 3.8) is 0 Å². The molecule has 150 valence electrons. The zero-order chi connectivity index (χ0) is 20.9. The second-order valence-corrected chi connectivity index (χ2v) is 8.42. The summed E-state index contributed by atoms with van der Waals surface area (Å²) >= 11 is 4.74. The summed E-state index contributed by atoms with van der Waals surface area (Å²) in [5.74, 6) is 0.821. The Balaban J connectivity index is 1.59. The zero-order valence-electron chi connectivity index (χ0n) is 16.1. The summed E-state index contributed by atoms with van der Waals surface area (Å²) in [6.45, 7) is 2.04. The maximum atomic E-state index is 12.4. The number of thioether (sulfide) groups is 1. The number of benzene rings is 2. The Morgan fingerprint density at radius 2 is 1.83 bits per heavy atom. The van der Waals surface area contributed by atoms with E-state index in [9.17, 15) is 4.79 Å². The van der Waals surface area contributed by atoms with Gasteiger partial charge in [-0.15, -0.1) is 10.2 Å². The summed E-state index contributed by atoms with van der Waals surface area (Å²) in [6.07, 6.45) is 3.45. The number of aryl methyl sites for hydroxylation is 1. The second kappa shape index (κ2) is 9.23. The molecule has 1 N–H and O–H groups in total. The van der Waals surface area contributed by atoms with Gasteiger partial charge in [0.25, 0.3) is 0 Å². The molecule has 2 aromatic heterocycles. The molecule has 2 heterocycles. The van der Waals surface area contributed by atoms with Crippen LogP contribution in [0.25, 0.3) is 17.1 Å². The maximum Gasteiger partial charge on any atom is 0.234 e. The molecule has 6 nitrogen and oxygen atoms in total. The molecule has 2 aromatic carbocycles. The number of amides is 1. The first-order valence-electron chi connectivity index (χ1n) is 9.21. The molecular weight excluding hydrogens is 462 g/mol. The summed E-state index contributed by atoms with van der Waals surface area (Å²) < 4.78 is 2.93. The number of hydrogen-bond acceptors (Lipinski definition) is 5. The lowest BCUT2D eigenvalue weighted by Crippen LogP contribution is -2.14. The fourth-order valence-electron chi connectivity index (χ4n) is 2.91. The number of nitrogens with one attached hydrogen (secondary N) is 1. The van der Waals surface area contributed by atoms with Gasteiger partial charge in [-0.25, -0.2) is 0 Å². The molecule has 30 heavy (non-hydrogen) atoms. The third-order valence-corrected chi connectivity index (χ3v) is 5.75. The minimum absolute atomic E-state index is 0.105. The lowest BCUT2D eigenvalue weighted by atomic mass is 10.2. The van der Waals surface area contributed by atoms with Gasteiger partial charge in [-0.1, -0.05) is 39.8 Å². The van der Waals surface area contributed by atoms with Crippen LogP contribution in [0.2, 0.25) is 0 Å². The summed E-state index contributed by atoms with van der Waals surface area (Å²) in [4.78, 5) is 16.5. The van der Waals surface area contributed by atoms with Gasteiger partial charge in [-0.3, -0.25) is 14.3 Å². The normalized spacial score (nSPS) is 10.7. The van der Waals surface area contributed by atoms with Crippen LogP contribution in [0.4, 0.5) is 5.69 Å². The fraction of sp³-hybridized carbons (Fsp3) is 0.0909. The van der Waals surface area contributed by atoms with Crippen LogP contribution >= 0.6 is 27.7 Å². The molecule has 0 spiro atoms. The molecule has 1 amide bonds. The van der Waals surface area contributed by atoms with Crippen molar-refractivity contribution in [1.82, 2.24) is 19.7 Å². The Kier molecular flexibility index (Phi) is 6.25. The lowest BCUT2D eigenvalue weighted by molar-refractivity contribution is -0.113. The average Bonchev–Trinajstić information content (AvgIpc) is 3.19. The fourth-order valence-corrected chi connectivity index (χ4v) is 3.93. The highest BCUT2D eigenvalue weighted by Gasteiger charge is 2.17. The lowest BCUT2D eigenvalue weighted by Gasteiger charge is -2.11. The van der Waals surface area contributed by atoms with E-state index in [2.05, 4.69) is 42.5 Å². The minimum Gasteiger partial charge on any atom is -0.325 e. The molecule has 0 fully saturated rings. The Morgan fingerprint density at radius 3 is 2.57 bits per heavy atom. The van der Waals surface area contributed by atoms with E-state index >= 15 is 0 Å². The molecule has 0 saturated heterocycles. The van der Waals surface area contributed by atoms with Gasteiger partial charge in [0.05, 0.1) is 5.75 Å². The van der Waals surface area contributed by atoms with Crippen molar-refractivity contribution in [3.05, 3.63) is 83.1 Å². The summed E-state index contributed by atoms with van der Waals surface area (Å²) in [6, 6.07) is 19.4. The third kappa shape index (κ3) is 4.77. The Morgan fingerprint density at radius 1 is 1.07 bits per heavy atom. The van der Waals surface area contributed by atoms with E-state index in [1.54, 1.807) is 12.4 Å². The van der Waals surface area contributed by atoms with Crippen LogP contribution in [0.3, 0.4) is 0 Å². The van der Waals surface area contributed by atoms with Gasteiger partial charge in [-0.05, 0) is 61.0 Å². The van der Waals surface area contributed by atoms with Gasteiger partial charge in [0.1, 0.15) is 0 Å². The SMILES string of the molecule is Cc1cccc(-n2c(SCC(=O)Nc3ccc(Br)cc3)nnc2-c2ccncc2)c1. The van der Waals surface area contributed by atoms with Crippen LogP contribution in [-0.4, -0.2) is 31.4 Å². The first-order valence-corrected chi connectivity index (χ1v) is 11.0.